The Balaban J connectivity index is 1.46. The highest BCUT2D eigenvalue weighted by Crippen LogP contribution is 2.36. The molecule has 0 radical (unpaired) electrons. The summed E-state index contributed by atoms with van der Waals surface area (Å²) in [5.74, 6) is -3.04. The number of rotatable bonds is 11. The third-order valence-electron chi connectivity index (χ3n) is 7.76. The van der Waals surface area contributed by atoms with Crippen molar-refractivity contribution in [3.05, 3.63) is 106 Å². The van der Waals surface area contributed by atoms with E-state index in [9.17, 15) is 44.7 Å². The molecule has 2 atom stereocenters. The van der Waals surface area contributed by atoms with E-state index in [1.54, 1.807) is 24.3 Å². The first kappa shape index (κ1) is 33.1. The number of hydrogen-bond acceptors (Lipinski definition) is 3. The average molecular weight is 627 g/mol. The number of hydrogen-bond donors (Lipinski definition) is 2. The Labute approximate surface area is 248 Å². The van der Waals surface area contributed by atoms with Crippen molar-refractivity contribution < 1.29 is 44.7 Å². The van der Waals surface area contributed by atoms with Crippen molar-refractivity contribution in [1.29, 1.82) is 0 Å². The molecule has 0 saturated carbocycles. The Morgan fingerprint density at radius 1 is 0.795 bits per heavy atom. The summed E-state index contributed by atoms with van der Waals surface area (Å²) in [6.45, 7) is 0.868. The quantitative estimate of drug-likeness (QED) is 0.170. The fourth-order valence-electron chi connectivity index (χ4n) is 5.45. The lowest BCUT2D eigenvalue weighted by Gasteiger charge is -2.24. The van der Waals surface area contributed by atoms with Crippen molar-refractivity contribution in [3.63, 3.8) is 0 Å². The number of nitrogens with one attached hydrogen (secondary N) is 2. The third-order valence-corrected chi connectivity index (χ3v) is 7.76. The molecule has 1 saturated heterocycles. The molecule has 0 aromatic heterocycles. The summed E-state index contributed by atoms with van der Waals surface area (Å²) in [7, 11) is 0. The van der Waals surface area contributed by atoms with E-state index < -0.39 is 64.3 Å². The van der Waals surface area contributed by atoms with Crippen molar-refractivity contribution in [1.82, 2.24) is 10.6 Å². The number of carbonyl (C=O) groups excluding carboxylic acids is 2. The molecule has 4 nitrogen and oxygen atoms in total. The first-order chi connectivity index (χ1) is 20.7. The maximum atomic E-state index is 13.5. The largest absolute Gasteiger partial charge is 0.416 e. The van der Waals surface area contributed by atoms with Crippen LogP contribution in [-0.2, 0) is 17.1 Å². The summed E-state index contributed by atoms with van der Waals surface area (Å²) >= 11 is 0. The molecule has 1 aliphatic heterocycles. The lowest BCUT2D eigenvalue weighted by Crippen LogP contribution is -2.46. The summed E-state index contributed by atoms with van der Waals surface area (Å²) in [6, 6.07) is 11.3. The zero-order valence-corrected chi connectivity index (χ0v) is 23.4. The molecule has 1 amide bonds. The standard InChI is InChI=1S/C32H30F8N2O2/c33-25-9-5-19(6-10-25)27(20-7-11-26(34)12-8-20)3-1-2-4-28(43)29(21-13-14-41-18-21)42-30(44)22-15-23(31(35,36)37)17-24(16-22)32(38,39)40/h5-12,15-17,21,27,29,41H,1-4,13-14,18H2,(H,42,44)/t21?,29-/m1/s1. The topological polar surface area (TPSA) is 58.2 Å². The lowest BCUT2D eigenvalue weighted by molar-refractivity contribution is -0.143. The van der Waals surface area contributed by atoms with Gasteiger partial charge in [-0.3, -0.25) is 9.59 Å². The van der Waals surface area contributed by atoms with Crippen LogP contribution in [0.1, 0.15) is 70.6 Å². The monoisotopic (exact) mass is 626 g/mol. The van der Waals surface area contributed by atoms with Gasteiger partial charge in [0.15, 0.2) is 5.78 Å². The molecular formula is C32H30F8N2O2. The van der Waals surface area contributed by atoms with Crippen molar-refractivity contribution in [2.24, 2.45) is 5.92 Å². The molecule has 1 unspecified atom stereocenters. The predicted octanol–water partition coefficient (Wildman–Crippen LogP) is 7.67. The molecule has 2 N–H and O–H groups in total. The summed E-state index contributed by atoms with van der Waals surface area (Å²) in [5.41, 5.74) is -2.51. The smallest absolute Gasteiger partial charge is 0.342 e. The van der Waals surface area contributed by atoms with E-state index in [4.69, 9.17) is 0 Å². The Hall–Kier alpha value is -3.80. The lowest BCUT2D eigenvalue weighted by atomic mass is 9.86. The van der Waals surface area contributed by atoms with E-state index in [1.165, 1.54) is 24.3 Å². The summed E-state index contributed by atoms with van der Waals surface area (Å²) in [4.78, 5) is 26.3. The van der Waals surface area contributed by atoms with Crippen molar-refractivity contribution in [3.8, 4) is 0 Å². The molecule has 3 aromatic carbocycles. The molecule has 44 heavy (non-hydrogen) atoms. The molecule has 1 fully saturated rings. The first-order valence-corrected chi connectivity index (χ1v) is 14.1. The molecule has 1 heterocycles. The SMILES string of the molecule is O=C(N[C@@H](C(=O)CCCCC(c1ccc(F)cc1)c1ccc(F)cc1)C1CCNC1)c1cc(C(F)(F)F)cc(C(F)(F)F)c1. The number of amides is 1. The van der Waals surface area contributed by atoms with Gasteiger partial charge in [0, 0.05) is 24.4 Å². The molecule has 4 rings (SSSR count). The van der Waals surface area contributed by atoms with Gasteiger partial charge in [0.1, 0.15) is 11.6 Å². The van der Waals surface area contributed by atoms with Gasteiger partial charge < -0.3 is 10.6 Å². The van der Waals surface area contributed by atoms with Crippen molar-refractivity contribution >= 4 is 11.7 Å². The van der Waals surface area contributed by atoms with Crippen molar-refractivity contribution in [2.75, 3.05) is 13.1 Å². The van der Waals surface area contributed by atoms with Gasteiger partial charge in [-0.25, -0.2) is 8.78 Å². The fraction of sp³-hybridized carbons (Fsp3) is 0.375. The van der Waals surface area contributed by atoms with Crippen LogP contribution in [0.15, 0.2) is 66.7 Å². The van der Waals surface area contributed by atoms with Gasteiger partial charge in [0.05, 0.1) is 17.2 Å². The summed E-state index contributed by atoms with van der Waals surface area (Å²) < 4.78 is 107. The minimum Gasteiger partial charge on any atom is -0.342 e. The van der Waals surface area contributed by atoms with Gasteiger partial charge >= 0.3 is 12.4 Å². The number of carbonyl (C=O) groups is 2. The van der Waals surface area contributed by atoms with Crippen LogP contribution in [0.2, 0.25) is 0 Å². The summed E-state index contributed by atoms with van der Waals surface area (Å²) in [6.07, 6.45) is -8.37. The molecule has 0 bridgehead atoms. The fourth-order valence-corrected chi connectivity index (χ4v) is 5.45. The van der Waals surface area contributed by atoms with Crippen LogP contribution >= 0.6 is 0 Å². The molecule has 12 heteroatoms. The van der Waals surface area contributed by atoms with E-state index >= 15 is 0 Å². The number of unbranched alkanes of at least 4 members (excludes halogenated alkanes) is 1. The maximum Gasteiger partial charge on any atom is 0.416 e. The molecular weight excluding hydrogens is 596 g/mol. The number of halogens is 8. The van der Waals surface area contributed by atoms with E-state index in [0.717, 1.165) is 11.1 Å². The number of benzene rings is 3. The van der Waals surface area contributed by atoms with Crippen LogP contribution < -0.4 is 10.6 Å². The normalized spacial score (nSPS) is 16.2. The van der Waals surface area contributed by atoms with Gasteiger partial charge in [-0.05, 0) is 85.3 Å². The van der Waals surface area contributed by atoms with Crippen LogP contribution in [0.4, 0.5) is 35.1 Å². The number of alkyl halides is 6. The van der Waals surface area contributed by atoms with E-state index in [0.29, 0.717) is 50.9 Å². The Kier molecular flexibility index (Phi) is 10.4. The number of ketones is 1. The van der Waals surface area contributed by atoms with Gasteiger partial charge in [0.25, 0.3) is 5.91 Å². The minimum absolute atomic E-state index is 0.00259. The maximum absolute atomic E-state index is 13.5. The second-order valence-electron chi connectivity index (χ2n) is 10.9. The average Bonchev–Trinajstić information content (AvgIpc) is 3.50. The molecule has 0 spiro atoms. The van der Waals surface area contributed by atoms with Crippen LogP contribution in [0, 0.1) is 17.6 Å². The van der Waals surface area contributed by atoms with E-state index in [2.05, 4.69) is 10.6 Å². The Morgan fingerprint density at radius 2 is 1.32 bits per heavy atom. The molecule has 236 valence electrons. The molecule has 0 aliphatic carbocycles. The van der Waals surface area contributed by atoms with Crippen LogP contribution in [0.3, 0.4) is 0 Å². The third kappa shape index (κ3) is 8.64. The zero-order valence-electron chi connectivity index (χ0n) is 23.4. The van der Waals surface area contributed by atoms with Gasteiger partial charge in [-0.1, -0.05) is 30.7 Å². The second-order valence-corrected chi connectivity index (χ2v) is 10.9. The highest BCUT2D eigenvalue weighted by Gasteiger charge is 2.38. The van der Waals surface area contributed by atoms with E-state index in [1.807, 2.05) is 0 Å². The molecule has 3 aromatic rings. The first-order valence-electron chi connectivity index (χ1n) is 14.1. The van der Waals surface area contributed by atoms with Crippen LogP contribution in [-0.4, -0.2) is 30.8 Å². The van der Waals surface area contributed by atoms with Crippen molar-refractivity contribution in [2.45, 2.75) is 56.4 Å². The van der Waals surface area contributed by atoms with Crippen LogP contribution in [0.5, 0.6) is 0 Å². The Morgan fingerprint density at radius 3 is 1.77 bits per heavy atom. The van der Waals surface area contributed by atoms with Crippen LogP contribution in [0.25, 0.3) is 0 Å². The van der Waals surface area contributed by atoms with Gasteiger partial charge in [-0.15, -0.1) is 0 Å². The van der Waals surface area contributed by atoms with Gasteiger partial charge in [-0.2, -0.15) is 26.3 Å². The zero-order chi connectivity index (χ0) is 32.1. The van der Waals surface area contributed by atoms with E-state index in [-0.39, 0.29) is 18.4 Å². The highest BCUT2D eigenvalue weighted by atomic mass is 19.4. The summed E-state index contributed by atoms with van der Waals surface area (Å²) in [5, 5.41) is 5.46. The number of Topliss-reactive ketones (excluding diaryl/α,β-unsaturated/α-hetero) is 1. The minimum atomic E-state index is -5.12. The second kappa shape index (κ2) is 13.9. The predicted molar refractivity (Wildman–Crippen MR) is 147 cm³/mol. The highest BCUT2D eigenvalue weighted by molar-refractivity contribution is 5.98. The molecule has 1 aliphatic rings. The Bertz CT molecular complexity index is 1350. The van der Waals surface area contributed by atoms with Gasteiger partial charge in [0.2, 0.25) is 0 Å².